The van der Waals surface area contributed by atoms with Crippen molar-refractivity contribution in [3.05, 3.63) is 21.9 Å². The minimum atomic E-state index is -0.444. The summed E-state index contributed by atoms with van der Waals surface area (Å²) in [6, 6.07) is 4.58. The number of nitrogens with one attached hydrogen (secondary N) is 1. The van der Waals surface area contributed by atoms with Gasteiger partial charge in [-0.05, 0) is 45.2 Å². The summed E-state index contributed by atoms with van der Waals surface area (Å²) in [4.78, 5) is 17.5. The van der Waals surface area contributed by atoms with Crippen LogP contribution < -0.4 is 5.32 Å². The molecule has 0 spiro atoms. The maximum absolute atomic E-state index is 12.9. The smallest absolute Gasteiger partial charge is 0.244 e. The van der Waals surface area contributed by atoms with E-state index in [9.17, 15) is 4.79 Å². The van der Waals surface area contributed by atoms with Crippen molar-refractivity contribution < 1.29 is 9.53 Å². The van der Waals surface area contributed by atoms with E-state index in [2.05, 4.69) is 36.2 Å². The molecule has 1 aromatic heterocycles. The summed E-state index contributed by atoms with van der Waals surface area (Å²) in [6.45, 7) is 6.21. The molecule has 21 heavy (non-hydrogen) atoms. The molecule has 5 heteroatoms. The van der Waals surface area contributed by atoms with Crippen LogP contribution in [0.25, 0.3) is 0 Å². The molecular weight excluding hydrogens is 284 g/mol. The Balaban J connectivity index is 1.87. The Morgan fingerprint density at radius 2 is 2.19 bits per heavy atom. The molecule has 2 aliphatic rings. The molecule has 1 saturated heterocycles. The first kappa shape index (κ1) is 15.0. The molecule has 1 N–H and O–H groups in total. The quantitative estimate of drug-likeness (QED) is 0.930. The van der Waals surface area contributed by atoms with E-state index in [-0.39, 0.29) is 12.1 Å². The maximum Gasteiger partial charge on any atom is 0.244 e. The Hall–Kier alpha value is -0.910. The Morgan fingerprint density at radius 3 is 2.71 bits per heavy atom. The van der Waals surface area contributed by atoms with Gasteiger partial charge in [0.05, 0.1) is 11.6 Å². The Kier molecular flexibility index (Phi) is 3.84. The SMILES string of the molecule is CCC1(C)NC(c2ccc(C)s2)N(C2CC(OC)C2)C1=O. The van der Waals surface area contributed by atoms with E-state index < -0.39 is 5.54 Å². The molecule has 2 unspecified atom stereocenters. The standard InChI is InChI=1S/C16H24N2O2S/c1-5-16(3)15(19)18(11-8-12(9-11)20-4)14(17-16)13-7-6-10(2)21-13/h6-7,11-12,14,17H,5,8-9H2,1-4H3. The second-order valence-corrected chi connectivity index (χ2v) is 7.70. The number of thiophene rings is 1. The van der Waals surface area contributed by atoms with Gasteiger partial charge >= 0.3 is 0 Å². The highest BCUT2D eigenvalue weighted by Crippen LogP contribution is 2.41. The van der Waals surface area contributed by atoms with Gasteiger partial charge in [-0.1, -0.05) is 6.92 Å². The zero-order valence-electron chi connectivity index (χ0n) is 13.2. The van der Waals surface area contributed by atoms with Crippen LogP contribution in [0.2, 0.25) is 0 Å². The van der Waals surface area contributed by atoms with Gasteiger partial charge in [-0.25, -0.2) is 0 Å². The van der Waals surface area contributed by atoms with E-state index in [4.69, 9.17) is 4.74 Å². The largest absolute Gasteiger partial charge is 0.381 e. The number of hydrogen-bond acceptors (Lipinski definition) is 4. The van der Waals surface area contributed by atoms with Gasteiger partial charge in [0.2, 0.25) is 5.91 Å². The van der Waals surface area contributed by atoms with Gasteiger partial charge in [0.25, 0.3) is 0 Å². The first-order chi connectivity index (χ1) is 9.98. The van der Waals surface area contributed by atoms with Crippen LogP contribution in [0.5, 0.6) is 0 Å². The molecule has 1 aliphatic carbocycles. The molecule has 1 amide bonds. The number of rotatable bonds is 4. The number of amides is 1. The van der Waals surface area contributed by atoms with Gasteiger partial charge in [0.1, 0.15) is 6.17 Å². The van der Waals surface area contributed by atoms with E-state index >= 15 is 0 Å². The Bertz CT molecular complexity index is 538. The van der Waals surface area contributed by atoms with Crippen molar-refractivity contribution in [3.8, 4) is 0 Å². The number of carbonyl (C=O) groups is 1. The van der Waals surface area contributed by atoms with Crippen LogP contribution >= 0.6 is 11.3 Å². The van der Waals surface area contributed by atoms with Crippen LogP contribution in [-0.2, 0) is 9.53 Å². The number of methoxy groups -OCH3 is 1. The van der Waals surface area contributed by atoms with E-state index in [1.807, 2.05) is 6.92 Å². The number of ether oxygens (including phenoxy) is 1. The van der Waals surface area contributed by atoms with Crippen LogP contribution in [-0.4, -0.2) is 35.6 Å². The second-order valence-electron chi connectivity index (χ2n) is 6.38. The Morgan fingerprint density at radius 1 is 1.48 bits per heavy atom. The highest BCUT2D eigenvalue weighted by Gasteiger charge is 2.52. The lowest BCUT2D eigenvalue weighted by Crippen LogP contribution is -2.51. The summed E-state index contributed by atoms with van der Waals surface area (Å²) in [6.07, 6.45) is 3.03. The first-order valence-corrected chi connectivity index (χ1v) is 8.49. The predicted molar refractivity (Wildman–Crippen MR) is 84.3 cm³/mol. The van der Waals surface area contributed by atoms with Crippen molar-refractivity contribution in [1.82, 2.24) is 10.2 Å². The van der Waals surface area contributed by atoms with Crippen LogP contribution in [0.15, 0.2) is 12.1 Å². The van der Waals surface area contributed by atoms with Crippen LogP contribution in [0.3, 0.4) is 0 Å². The van der Waals surface area contributed by atoms with Crippen LogP contribution in [0.1, 0.15) is 49.0 Å². The lowest BCUT2D eigenvalue weighted by atomic mass is 9.86. The molecule has 0 radical (unpaired) electrons. The highest BCUT2D eigenvalue weighted by molar-refractivity contribution is 7.12. The average molecular weight is 308 g/mol. The molecule has 1 saturated carbocycles. The topological polar surface area (TPSA) is 41.6 Å². The summed E-state index contributed by atoms with van der Waals surface area (Å²) < 4.78 is 5.38. The molecule has 1 aliphatic heterocycles. The fourth-order valence-corrected chi connectivity index (χ4v) is 4.16. The Labute approximate surface area is 130 Å². The van der Waals surface area contributed by atoms with Crippen LogP contribution in [0.4, 0.5) is 0 Å². The highest BCUT2D eigenvalue weighted by atomic mass is 32.1. The van der Waals surface area contributed by atoms with Crippen molar-refractivity contribution in [1.29, 1.82) is 0 Å². The molecule has 2 atom stereocenters. The van der Waals surface area contributed by atoms with E-state index in [1.165, 1.54) is 9.75 Å². The van der Waals surface area contributed by atoms with E-state index in [1.54, 1.807) is 18.4 Å². The molecule has 4 nitrogen and oxygen atoms in total. The molecule has 0 aromatic carbocycles. The molecule has 2 heterocycles. The number of nitrogens with zero attached hydrogens (tertiary/aromatic N) is 1. The van der Waals surface area contributed by atoms with Gasteiger partial charge in [0, 0.05) is 22.9 Å². The van der Waals surface area contributed by atoms with Gasteiger partial charge < -0.3 is 9.64 Å². The molecular formula is C16H24N2O2S. The van der Waals surface area contributed by atoms with Crippen molar-refractivity contribution in [2.75, 3.05) is 7.11 Å². The fraction of sp³-hybridized carbons (Fsp3) is 0.688. The summed E-state index contributed by atoms with van der Waals surface area (Å²) in [5, 5.41) is 3.57. The van der Waals surface area contributed by atoms with E-state index in [0.29, 0.717) is 12.1 Å². The third-order valence-electron chi connectivity index (χ3n) is 4.97. The lowest BCUT2D eigenvalue weighted by Gasteiger charge is -2.42. The molecule has 3 rings (SSSR count). The van der Waals surface area contributed by atoms with Gasteiger partial charge in [-0.3, -0.25) is 10.1 Å². The maximum atomic E-state index is 12.9. The zero-order chi connectivity index (χ0) is 15.2. The van der Waals surface area contributed by atoms with Crippen molar-refractivity contribution in [2.45, 2.75) is 63.9 Å². The molecule has 2 fully saturated rings. The molecule has 116 valence electrons. The lowest BCUT2D eigenvalue weighted by molar-refractivity contribution is -0.140. The summed E-state index contributed by atoms with van der Waals surface area (Å²) in [5.41, 5.74) is -0.444. The minimum absolute atomic E-state index is 0.0176. The van der Waals surface area contributed by atoms with Crippen molar-refractivity contribution >= 4 is 17.2 Å². The van der Waals surface area contributed by atoms with Gasteiger partial charge in [-0.15, -0.1) is 11.3 Å². The second kappa shape index (κ2) is 5.38. The number of hydrogen-bond donors (Lipinski definition) is 1. The average Bonchev–Trinajstić information content (AvgIpc) is 2.95. The van der Waals surface area contributed by atoms with Crippen LogP contribution in [0, 0.1) is 6.92 Å². The summed E-state index contributed by atoms with van der Waals surface area (Å²) in [7, 11) is 1.75. The number of aryl methyl sites for hydroxylation is 1. The van der Waals surface area contributed by atoms with Crippen molar-refractivity contribution in [2.24, 2.45) is 0 Å². The predicted octanol–water partition coefficient (Wildman–Crippen LogP) is 2.83. The summed E-state index contributed by atoms with van der Waals surface area (Å²) >= 11 is 1.77. The van der Waals surface area contributed by atoms with E-state index in [0.717, 1.165) is 19.3 Å². The first-order valence-electron chi connectivity index (χ1n) is 7.68. The monoisotopic (exact) mass is 308 g/mol. The van der Waals surface area contributed by atoms with Gasteiger partial charge in [0.15, 0.2) is 0 Å². The molecule has 0 bridgehead atoms. The van der Waals surface area contributed by atoms with Crippen molar-refractivity contribution in [3.63, 3.8) is 0 Å². The molecule has 1 aromatic rings. The summed E-state index contributed by atoms with van der Waals surface area (Å²) in [5.74, 6) is 0.237. The normalized spacial score (nSPS) is 36.1. The van der Waals surface area contributed by atoms with Gasteiger partial charge in [-0.2, -0.15) is 0 Å². The minimum Gasteiger partial charge on any atom is -0.381 e. The third-order valence-corrected chi connectivity index (χ3v) is 6.03. The zero-order valence-corrected chi connectivity index (χ0v) is 14.0. The number of carbonyl (C=O) groups excluding carboxylic acids is 1. The third kappa shape index (κ3) is 2.41. The fourth-order valence-electron chi connectivity index (χ4n) is 3.23.